The predicted octanol–water partition coefficient (Wildman–Crippen LogP) is 3.78. The van der Waals surface area contributed by atoms with Crippen LogP contribution in [-0.2, 0) is 4.79 Å². The van der Waals surface area contributed by atoms with E-state index in [1.165, 1.54) is 11.8 Å². The summed E-state index contributed by atoms with van der Waals surface area (Å²) in [5.41, 5.74) is 0.781. The molecule has 1 aromatic rings. The SMILES string of the molecule is CCN=C1S/C(=C\c2cc(Br)cc(OC)c2OC)C(=O)N1CC. The highest BCUT2D eigenvalue weighted by molar-refractivity contribution is 9.10. The van der Waals surface area contributed by atoms with Crippen LogP contribution in [0.4, 0.5) is 0 Å². The minimum absolute atomic E-state index is 0.0364. The number of amidine groups is 1. The van der Waals surface area contributed by atoms with Crippen molar-refractivity contribution < 1.29 is 14.3 Å². The van der Waals surface area contributed by atoms with Crippen LogP contribution in [0.3, 0.4) is 0 Å². The predicted molar refractivity (Wildman–Crippen MR) is 98.2 cm³/mol. The van der Waals surface area contributed by atoms with Crippen LogP contribution in [0.2, 0.25) is 0 Å². The molecule has 0 saturated carbocycles. The van der Waals surface area contributed by atoms with Crippen LogP contribution in [0.1, 0.15) is 19.4 Å². The van der Waals surface area contributed by atoms with Gasteiger partial charge in [-0.3, -0.25) is 14.7 Å². The lowest BCUT2D eigenvalue weighted by Gasteiger charge is -2.12. The van der Waals surface area contributed by atoms with Crippen LogP contribution in [0.5, 0.6) is 11.5 Å². The monoisotopic (exact) mass is 398 g/mol. The first-order chi connectivity index (χ1) is 11.0. The van der Waals surface area contributed by atoms with E-state index in [2.05, 4.69) is 20.9 Å². The Morgan fingerprint density at radius 2 is 2.04 bits per heavy atom. The Kier molecular flexibility index (Phi) is 6.12. The number of ether oxygens (including phenoxy) is 2. The number of likely N-dealkylation sites (N-methyl/N-ethyl adjacent to an activating group) is 1. The molecule has 1 aromatic carbocycles. The van der Waals surface area contributed by atoms with E-state index < -0.39 is 0 Å². The summed E-state index contributed by atoms with van der Waals surface area (Å²) in [6, 6.07) is 3.72. The summed E-state index contributed by atoms with van der Waals surface area (Å²) in [4.78, 5) is 19.2. The largest absolute Gasteiger partial charge is 0.493 e. The maximum absolute atomic E-state index is 12.5. The Balaban J connectivity index is 2.48. The van der Waals surface area contributed by atoms with Gasteiger partial charge in [0, 0.05) is 23.1 Å². The molecular formula is C16H19BrN2O3S. The third-order valence-electron chi connectivity index (χ3n) is 3.26. The van der Waals surface area contributed by atoms with Crippen molar-refractivity contribution in [3.63, 3.8) is 0 Å². The number of carbonyl (C=O) groups excluding carboxylic acids is 1. The highest BCUT2D eigenvalue weighted by Gasteiger charge is 2.32. The van der Waals surface area contributed by atoms with Crippen molar-refractivity contribution in [1.29, 1.82) is 0 Å². The number of hydrogen-bond acceptors (Lipinski definition) is 5. The molecule has 1 amide bonds. The molecule has 7 heteroatoms. The Morgan fingerprint density at radius 3 is 2.61 bits per heavy atom. The Morgan fingerprint density at radius 1 is 1.30 bits per heavy atom. The van der Waals surface area contributed by atoms with Gasteiger partial charge in [-0.15, -0.1) is 0 Å². The summed E-state index contributed by atoms with van der Waals surface area (Å²) in [5.74, 6) is 1.17. The van der Waals surface area contributed by atoms with Gasteiger partial charge in [-0.2, -0.15) is 0 Å². The fraction of sp³-hybridized carbons (Fsp3) is 0.375. The fourth-order valence-corrected chi connectivity index (χ4v) is 3.80. The molecule has 0 bridgehead atoms. The molecule has 1 fully saturated rings. The topological polar surface area (TPSA) is 51.1 Å². The highest BCUT2D eigenvalue weighted by Crippen LogP contribution is 2.39. The molecule has 23 heavy (non-hydrogen) atoms. The van der Waals surface area contributed by atoms with Crippen LogP contribution in [0.25, 0.3) is 6.08 Å². The van der Waals surface area contributed by atoms with Gasteiger partial charge in [0.2, 0.25) is 0 Å². The van der Waals surface area contributed by atoms with Gasteiger partial charge >= 0.3 is 0 Å². The lowest BCUT2D eigenvalue weighted by atomic mass is 10.1. The quantitative estimate of drug-likeness (QED) is 0.708. The van der Waals surface area contributed by atoms with Gasteiger partial charge in [0.05, 0.1) is 19.1 Å². The highest BCUT2D eigenvalue weighted by atomic mass is 79.9. The summed E-state index contributed by atoms with van der Waals surface area (Å²) >= 11 is 4.84. The molecule has 0 spiro atoms. The minimum Gasteiger partial charge on any atom is -0.493 e. The maximum Gasteiger partial charge on any atom is 0.266 e. The lowest BCUT2D eigenvalue weighted by Crippen LogP contribution is -2.28. The third kappa shape index (κ3) is 3.72. The molecule has 1 aliphatic heterocycles. The van der Waals surface area contributed by atoms with E-state index in [4.69, 9.17) is 9.47 Å². The Labute approximate surface area is 148 Å². The number of amides is 1. The van der Waals surface area contributed by atoms with E-state index in [0.717, 1.165) is 15.2 Å². The third-order valence-corrected chi connectivity index (χ3v) is 4.76. The number of halogens is 1. The zero-order valence-corrected chi connectivity index (χ0v) is 16.0. The zero-order valence-electron chi connectivity index (χ0n) is 13.6. The summed E-state index contributed by atoms with van der Waals surface area (Å²) in [6.45, 7) is 5.14. The van der Waals surface area contributed by atoms with E-state index in [1.807, 2.05) is 32.1 Å². The molecule has 5 nitrogen and oxygen atoms in total. The second kappa shape index (κ2) is 7.88. The summed E-state index contributed by atoms with van der Waals surface area (Å²) < 4.78 is 11.6. The fourth-order valence-electron chi connectivity index (χ4n) is 2.25. The normalized spacial score (nSPS) is 18.1. The summed E-state index contributed by atoms with van der Waals surface area (Å²) in [7, 11) is 3.17. The number of hydrogen-bond donors (Lipinski definition) is 0. The van der Waals surface area contributed by atoms with Crippen molar-refractivity contribution >= 4 is 44.8 Å². The average Bonchev–Trinajstić information content (AvgIpc) is 2.82. The van der Waals surface area contributed by atoms with Gasteiger partial charge in [-0.25, -0.2) is 0 Å². The van der Waals surface area contributed by atoms with E-state index in [9.17, 15) is 4.79 Å². The van der Waals surface area contributed by atoms with E-state index in [1.54, 1.807) is 19.1 Å². The summed E-state index contributed by atoms with van der Waals surface area (Å²) in [6.07, 6.45) is 1.82. The van der Waals surface area contributed by atoms with Crippen molar-refractivity contribution in [3.05, 3.63) is 27.1 Å². The summed E-state index contributed by atoms with van der Waals surface area (Å²) in [5, 5.41) is 0.743. The minimum atomic E-state index is -0.0364. The van der Waals surface area contributed by atoms with Crippen molar-refractivity contribution in [3.8, 4) is 11.5 Å². The van der Waals surface area contributed by atoms with Gasteiger partial charge in [0.1, 0.15) is 0 Å². The van der Waals surface area contributed by atoms with E-state index >= 15 is 0 Å². The van der Waals surface area contributed by atoms with Crippen LogP contribution in [0.15, 0.2) is 26.5 Å². The van der Waals surface area contributed by atoms with Crippen molar-refractivity contribution in [2.75, 3.05) is 27.3 Å². The van der Waals surface area contributed by atoms with Gasteiger partial charge < -0.3 is 9.47 Å². The number of rotatable bonds is 5. The van der Waals surface area contributed by atoms with Crippen LogP contribution >= 0.6 is 27.7 Å². The lowest BCUT2D eigenvalue weighted by molar-refractivity contribution is -0.122. The van der Waals surface area contributed by atoms with Crippen molar-refractivity contribution in [1.82, 2.24) is 4.90 Å². The molecule has 0 aliphatic carbocycles. The number of carbonyl (C=O) groups is 1. The van der Waals surface area contributed by atoms with Gasteiger partial charge in [-0.05, 0) is 43.8 Å². The average molecular weight is 399 g/mol. The molecule has 0 atom stereocenters. The number of thioether (sulfide) groups is 1. The smallest absolute Gasteiger partial charge is 0.266 e. The van der Waals surface area contributed by atoms with E-state index in [0.29, 0.717) is 29.5 Å². The number of aliphatic imine (C=N–C) groups is 1. The van der Waals surface area contributed by atoms with Crippen LogP contribution in [-0.4, -0.2) is 43.3 Å². The van der Waals surface area contributed by atoms with Gasteiger partial charge in [-0.1, -0.05) is 15.9 Å². The molecule has 1 aliphatic rings. The molecule has 2 rings (SSSR count). The number of methoxy groups -OCH3 is 2. The Bertz CT molecular complexity index is 674. The van der Waals surface area contributed by atoms with Crippen molar-refractivity contribution in [2.24, 2.45) is 4.99 Å². The van der Waals surface area contributed by atoms with Crippen LogP contribution < -0.4 is 9.47 Å². The Hall–Kier alpha value is -1.47. The van der Waals surface area contributed by atoms with Gasteiger partial charge in [0.15, 0.2) is 16.7 Å². The molecule has 0 N–H and O–H groups in total. The first kappa shape index (κ1) is 17.9. The second-order valence-electron chi connectivity index (χ2n) is 4.65. The van der Waals surface area contributed by atoms with Crippen molar-refractivity contribution in [2.45, 2.75) is 13.8 Å². The van der Waals surface area contributed by atoms with Gasteiger partial charge in [0.25, 0.3) is 5.91 Å². The number of nitrogens with zero attached hydrogens (tertiary/aromatic N) is 2. The first-order valence-electron chi connectivity index (χ1n) is 7.23. The maximum atomic E-state index is 12.5. The zero-order chi connectivity index (χ0) is 17.0. The first-order valence-corrected chi connectivity index (χ1v) is 8.84. The standard InChI is InChI=1S/C16H19BrN2O3S/c1-5-18-16-19(6-2)15(20)13(23-16)8-10-7-11(17)9-12(21-3)14(10)22-4/h7-9H,5-6H2,1-4H3/b13-8-,18-16?. The van der Waals surface area contributed by atoms with E-state index in [-0.39, 0.29) is 5.91 Å². The second-order valence-corrected chi connectivity index (χ2v) is 6.57. The molecule has 1 saturated heterocycles. The van der Waals surface area contributed by atoms with Crippen LogP contribution in [0, 0.1) is 0 Å². The molecule has 0 unspecified atom stereocenters. The molecule has 1 heterocycles. The number of benzene rings is 1. The molecule has 0 aromatic heterocycles. The molecular weight excluding hydrogens is 380 g/mol. The molecule has 124 valence electrons. The molecule has 0 radical (unpaired) electrons.